The smallest absolute Gasteiger partial charge is 0.197 e. The molecule has 0 spiro atoms. The average Bonchev–Trinajstić information content (AvgIpc) is 2.43. The van der Waals surface area contributed by atoms with Crippen molar-refractivity contribution in [3.8, 4) is 5.75 Å². The quantitative estimate of drug-likeness (QED) is 0.728. The number of benzene rings is 1. The summed E-state index contributed by atoms with van der Waals surface area (Å²) < 4.78 is 5.04. The Bertz CT molecular complexity index is 410. The first kappa shape index (κ1) is 7.36. The van der Waals surface area contributed by atoms with Crippen molar-refractivity contribution in [2.75, 3.05) is 7.11 Å². The van der Waals surface area contributed by atoms with Gasteiger partial charge in [-0.1, -0.05) is 0 Å². The molecule has 0 aliphatic rings. The highest BCUT2D eigenvalue weighted by Gasteiger charge is 2.00. The molecule has 4 heteroatoms. The predicted octanol–water partition coefficient (Wildman–Crippen LogP) is 2.13. The number of hydrogen-bond acceptors (Lipinski definition) is 2. The molecule has 0 fully saturated rings. The largest absolute Gasteiger partial charge is 0.497 e. The summed E-state index contributed by atoms with van der Waals surface area (Å²) in [7, 11) is 1.63. The van der Waals surface area contributed by atoms with E-state index in [4.69, 9.17) is 17.4 Å². The molecule has 0 amide bonds. The lowest BCUT2D eigenvalue weighted by Gasteiger charge is -1.96. The van der Waals surface area contributed by atoms with E-state index in [1.807, 2.05) is 18.2 Å². The summed E-state index contributed by atoms with van der Waals surface area (Å²) in [6.07, 6.45) is 0. The van der Waals surface area contributed by atoms with Gasteiger partial charge in [0.1, 0.15) is 5.75 Å². The van der Waals surface area contributed by atoms with Crippen molar-refractivity contribution in [1.82, 2.24) is 9.97 Å². The minimum absolute atomic E-state index is 0.512. The highest BCUT2D eigenvalue weighted by molar-refractivity contribution is 7.80. The summed E-state index contributed by atoms with van der Waals surface area (Å²) in [5.74, 6) is 0.795. The van der Waals surface area contributed by atoms with E-state index in [1.165, 1.54) is 0 Å². The fraction of sp³-hybridized carbons (Fsp3) is 0.125. The van der Waals surface area contributed by atoms with E-state index in [0.29, 0.717) is 5.16 Å². The number of H-pyrrole nitrogens is 1. The molecule has 2 aromatic rings. The van der Waals surface area contributed by atoms with Crippen LogP contribution < -0.4 is 4.74 Å². The third-order valence-electron chi connectivity index (χ3n) is 1.67. The van der Waals surface area contributed by atoms with Crippen LogP contribution in [0.25, 0.3) is 11.0 Å². The minimum Gasteiger partial charge on any atom is -0.497 e. The molecule has 0 aliphatic carbocycles. The Balaban J connectivity index is 2.66. The normalized spacial score (nSPS) is 10.4. The van der Waals surface area contributed by atoms with Crippen molar-refractivity contribution in [3.63, 3.8) is 0 Å². The average molecular weight is 179 g/mol. The first-order valence-electron chi connectivity index (χ1n) is 3.50. The number of fused-ring (bicyclic) bond motifs is 1. The van der Waals surface area contributed by atoms with Crippen molar-refractivity contribution in [2.45, 2.75) is 5.16 Å². The predicted molar refractivity (Wildman–Crippen MR) is 48.5 cm³/mol. The van der Waals surface area contributed by atoms with Gasteiger partial charge in [-0.15, -0.1) is 0 Å². The summed E-state index contributed by atoms with van der Waals surface area (Å²) in [5.41, 5.74) is 1.79. The van der Waals surface area contributed by atoms with Gasteiger partial charge in [-0.25, -0.2) is 4.98 Å². The third-order valence-corrected chi connectivity index (χ3v) is 1.86. The first-order chi connectivity index (χ1) is 5.79. The summed E-state index contributed by atoms with van der Waals surface area (Å²) in [4.78, 5) is 7.06. The molecule has 1 aromatic carbocycles. The van der Waals surface area contributed by atoms with Gasteiger partial charge in [0.05, 0.1) is 18.1 Å². The van der Waals surface area contributed by atoms with E-state index in [1.54, 1.807) is 7.11 Å². The molecule has 2 rings (SSSR count). The number of hydrogen-bond donors (Lipinski definition) is 1. The van der Waals surface area contributed by atoms with Gasteiger partial charge >= 0.3 is 0 Å². The van der Waals surface area contributed by atoms with Crippen LogP contribution >= 0.6 is 12.6 Å². The van der Waals surface area contributed by atoms with Crippen LogP contribution in [-0.4, -0.2) is 17.1 Å². The van der Waals surface area contributed by atoms with Crippen LogP contribution in [0.15, 0.2) is 23.4 Å². The van der Waals surface area contributed by atoms with E-state index < -0.39 is 0 Å². The topological polar surface area (TPSA) is 37.9 Å². The highest BCUT2D eigenvalue weighted by Crippen LogP contribution is 2.19. The van der Waals surface area contributed by atoms with Gasteiger partial charge in [0.15, 0.2) is 5.16 Å². The lowest BCUT2D eigenvalue weighted by Crippen LogP contribution is -1.80. The Morgan fingerprint density at radius 2 is 2.33 bits per heavy atom. The summed E-state index contributed by atoms with van der Waals surface area (Å²) in [6.45, 7) is 0. The van der Waals surface area contributed by atoms with Crippen molar-refractivity contribution in [2.24, 2.45) is 0 Å². The van der Waals surface area contributed by atoms with Crippen molar-refractivity contribution in [3.05, 3.63) is 18.2 Å². The van der Waals surface area contributed by atoms with Gasteiger partial charge in [-0.05, 0) is 24.8 Å². The second kappa shape index (κ2) is 2.64. The van der Waals surface area contributed by atoms with Crippen molar-refractivity contribution < 1.29 is 4.74 Å². The first-order valence-corrected chi connectivity index (χ1v) is 3.91. The summed E-state index contributed by atoms with van der Waals surface area (Å²) >= 11 is 4.88. The maximum atomic E-state index is 5.04. The highest BCUT2D eigenvalue weighted by atomic mass is 32.1. The SMILES string of the molecule is COc1ccc2[nH]c([S])nc2c1. The molecule has 0 unspecified atom stereocenters. The molecule has 12 heavy (non-hydrogen) atoms. The van der Waals surface area contributed by atoms with Crippen LogP contribution in [0.1, 0.15) is 0 Å². The maximum Gasteiger partial charge on any atom is 0.197 e. The Hall–Kier alpha value is -1.29. The molecule has 0 saturated heterocycles. The molecule has 0 saturated carbocycles. The Morgan fingerprint density at radius 1 is 1.50 bits per heavy atom. The fourth-order valence-corrected chi connectivity index (χ4v) is 1.30. The van der Waals surface area contributed by atoms with Gasteiger partial charge < -0.3 is 9.72 Å². The summed E-state index contributed by atoms with van der Waals surface area (Å²) in [5, 5.41) is 0.512. The van der Waals surface area contributed by atoms with Crippen LogP contribution in [0, 0.1) is 0 Å². The van der Waals surface area contributed by atoms with Gasteiger partial charge in [0, 0.05) is 6.07 Å². The molecule has 3 nitrogen and oxygen atoms in total. The number of aromatic nitrogens is 2. The number of nitrogens with one attached hydrogen (secondary N) is 1. The molecule has 1 heterocycles. The van der Waals surface area contributed by atoms with Crippen LogP contribution in [0.2, 0.25) is 0 Å². The number of rotatable bonds is 1. The zero-order valence-electron chi connectivity index (χ0n) is 6.50. The zero-order chi connectivity index (χ0) is 8.55. The van der Waals surface area contributed by atoms with Crippen molar-refractivity contribution in [1.29, 1.82) is 0 Å². The third kappa shape index (κ3) is 1.10. The van der Waals surface area contributed by atoms with Gasteiger partial charge in [-0.3, -0.25) is 0 Å². The molecule has 61 valence electrons. The van der Waals surface area contributed by atoms with Crippen molar-refractivity contribution >= 4 is 23.7 Å². The summed E-state index contributed by atoms with van der Waals surface area (Å²) in [6, 6.07) is 5.62. The molecule has 0 bridgehead atoms. The number of aromatic amines is 1. The Morgan fingerprint density at radius 3 is 3.08 bits per heavy atom. The lowest BCUT2D eigenvalue weighted by atomic mass is 10.3. The maximum absolute atomic E-state index is 5.04. The molecule has 0 atom stereocenters. The van der Waals surface area contributed by atoms with Gasteiger partial charge in [0.25, 0.3) is 0 Å². The Labute approximate surface area is 75.2 Å². The molecular weight excluding hydrogens is 172 g/mol. The van der Waals surface area contributed by atoms with Crippen LogP contribution in [-0.2, 0) is 0 Å². The van der Waals surface area contributed by atoms with E-state index in [0.717, 1.165) is 16.8 Å². The van der Waals surface area contributed by atoms with E-state index >= 15 is 0 Å². The molecule has 1 N–H and O–H groups in total. The lowest BCUT2D eigenvalue weighted by molar-refractivity contribution is 0.415. The number of nitrogens with zero attached hydrogens (tertiary/aromatic N) is 1. The number of ether oxygens (including phenoxy) is 1. The molecule has 1 aromatic heterocycles. The molecule has 1 radical (unpaired) electrons. The van der Waals surface area contributed by atoms with Gasteiger partial charge in [0.2, 0.25) is 0 Å². The second-order valence-corrected chi connectivity index (χ2v) is 2.81. The van der Waals surface area contributed by atoms with Crippen LogP contribution in [0.3, 0.4) is 0 Å². The number of methoxy groups -OCH3 is 1. The zero-order valence-corrected chi connectivity index (χ0v) is 7.31. The monoisotopic (exact) mass is 179 g/mol. The fourth-order valence-electron chi connectivity index (χ4n) is 1.09. The Kier molecular flexibility index (Phi) is 1.62. The van der Waals surface area contributed by atoms with Gasteiger partial charge in [-0.2, -0.15) is 0 Å². The minimum atomic E-state index is 0.512. The standard InChI is InChI=1S/C8H7N2OS/c1-11-5-2-3-6-7(4-5)10-8(12)9-6/h2-4H,1H3,(H,9,10). The van der Waals surface area contributed by atoms with E-state index in [9.17, 15) is 0 Å². The van der Waals surface area contributed by atoms with E-state index in [-0.39, 0.29) is 0 Å². The van der Waals surface area contributed by atoms with Crippen LogP contribution in [0.5, 0.6) is 5.75 Å². The molecular formula is C8H7N2OS. The second-order valence-electron chi connectivity index (χ2n) is 2.43. The van der Waals surface area contributed by atoms with E-state index in [2.05, 4.69) is 9.97 Å². The number of imidazole rings is 1. The molecule has 0 aliphatic heterocycles. The van der Waals surface area contributed by atoms with Crippen LogP contribution in [0.4, 0.5) is 0 Å².